The van der Waals surface area contributed by atoms with Crippen LogP contribution in [-0.4, -0.2) is 44.8 Å². The standard InChI is InChI=1S/C25H22ClN3O4/c1-32-21-11-9-18(13-22(21)33-2)28-23(30)15-29-20-10-8-17(26)12-19(20)25(27-14-24(29)31)16-6-4-3-5-7-16/h3-13H,14-15H2,1-2H3,(H,28,30). The van der Waals surface area contributed by atoms with Crippen molar-refractivity contribution >= 4 is 40.5 Å². The lowest BCUT2D eigenvalue weighted by atomic mass is 10.00. The van der Waals surface area contributed by atoms with Gasteiger partial charge < -0.3 is 19.7 Å². The number of amides is 2. The summed E-state index contributed by atoms with van der Waals surface area (Å²) < 4.78 is 10.5. The summed E-state index contributed by atoms with van der Waals surface area (Å²) in [6.45, 7) is -0.264. The van der Waals surface area contributed by atoms with Crippen molar-refractivity contribution in [2.75, 3.05) is 37.5 Å². The zero-order valence-corrected chi connectivity index (χ0v) is 18.9. The molecule has 0 aliphatic carbocycles. The molecule has 0 aromatic heterocycles. The number of aliphatic imine (C=N–C) groups is 1. The van der Waals surface area contributed by atoms with Crippen molar-refractivity contribution in [2.45, 2.75) is 0 Å². The summed E-state index contributed by atoms with van der Waals surface area (Å²) in [5.74, 6) is 0.392. The quantitative estimate of drug-likeness (QED) is 0.594. The minimum atomic E-state index is -0.361. The Morgan fingerprint density at radius 2 is 1.79 bits per heavy atom. The van der Waals surface area contributed by atoms with E-state index in [1.165, 1.54) is 19.1 Å². The molecule has 7 nitrogen and oxygen atoms in total. The number of rotatable bonds is 6. The number of fused-ring (bicyclic) bond motifs is 1. The van der Waals surface area contributed by atoms with Crippen LogP contribution in [0.1, 0.15) is 11.1 Å². The molecule has 0 saturated carbocycles. The molecule has 1 aliphatic rings. The SMILES string of the molecule is COc1ccc(NC(=O)CN2C(=O)CN=C(c3ccccc3)c3cc(Cl)ccc32)cc1OC. The molecular formula is C25H22ClN3O4. The fourth-order valence-electron chi connectivity index (χ4n) is 3.66. The average molecular weight is 464 g/mol. The van der Waals surface area contributed by atoms with Crippen LogP contribution in [0.15, 0.2) is 71.7 Å². The summed E-state index contributed by atoms with van der Waals surface area (Å²) in [6.07, 6.45) is 0. The van der Waals surface area contributed by atoms with Gasteiger partial charge in [-0.3, -0.25) is 14.6 Å². The van der Waals surface area contributed by atoms with Gasteiger partial charge in [0.15, 0.2) is 11.5 Å². The van der Waals surface area contributed by atoms with Crippen molar-refractivity contribution in [1.82, 2.24) is 0 Å². The Morgan fingerprint density at radius 3 is 2.52 bits per heavy atom. The molecule has 8 heteroatoms. The molecule has 0 unspecified atom stereocenters. The van der Waals surface area contributed by atoms with Gasteiger partial charge in [0.1, 0.15) is 13.1 Å². The van der Waals surface area contributed by atoms with E-state index in [4.69, 9.17) is 21.1 Å². The lowest BCUT2D eigenvalue weighted by Gasteiger charge is -2.23. The largest absolute Gasteiger partial charge is 0.493 e. The normalized spacial score (nSPS) is 13.0. The molecule has 3 aromatic carbocycles. The maximum atomic E-state index is 13.0. The molecule has 2 amide bonds. The van der Waals surface area contributed by atoms with E-state index in [2.05, 4.69) is 10.3 Å². The van der Waals surface area contributed by atoms with Gasteiger partial charge in [0.2, 0.25) is 11.8 Å². The van der Waals surface area contributed by atoms with Crippen LogP contribution in [0.3, 0.4) is 0 Å². The van der Waals surface area contributed by atoms with E-state index in [9.17, 15) is 9.59 Å². The number of hydrogen-bond acceptors (Lipinski definition) is 5. The van der Waals surface area contributed by atoms with Crippen LogP contribution >= 0.6 is 11.6 Å². The highest BCUT2D eigenvalue weighted by atomic mass is 35.5. The molecule has 0 bridgehead atoms. The van der Waals surface area contributed by atoms with E-state index in [1.807, 2.05) is 30.3 Å². The smallest absolute Gasteiger partial charge is 0.249 e. The van der Waals surface area contributed by atoms with Crippen LogP contribution < -0.4 is 19.7 Å². The topological polar surface area (TPSA) is 80.2 Å². The molecular weight excluding hydrogens is 442 g/mol. The Hall–Kier alpha value is -3.84. The van der Waals surface area contributed by atoms with Crippen molar-refractivity contribution in [2.24, 2.45) is 4.99 Å². The molecule has 0 radical (unpaired) electrons. The first-order chi connectivity index (χ1) is 16.0. The molecule has 3 aromatic rings. The molecule has 0 spiro atoms. The average Bonchev–Trinajstić information content (AvgIpc) is 2.95. The monoisotopic (exact) mass is 463 g/mol. The van der Waals surface area contributed by atoms with Crippen LogP contribution in [0.5, 0.6) is 11.5 Å². The molecule has 1 heterocycles. The molecule has 0 atom stereocenters. The maximum absolute atomic E-state index is 13.0. The van der Waals surface area contributed by atoms with Crippen molar-refractivity contribution in [3.63, 3.8) is 0 Å². The number of nitrogens with zero attached hydrogens (tertiary/aromatic N) is 2. The molecule has 4 rings (SSSR count). The van der Waals surface area contributed by atoms with Crippen molar-refractivity contribution < 1.29 is 19.1 Å². The third kappa shape index (κ3) is 4.83. The zero-order valence-electron chi connectivity index (χ0n) is 18.2. The van der Waals surface area contributed by atoms with Gasteiger partial charge in [-0.25, -0.2) is 0 Å². The van der Waals surface area contributed by atoms with Crippen molar-refractivity contribution in [3.8, 4) is 11.5 Å². The van der Waals surface area contributed by atoms with Crippen molar-refractivity contribution in [3.05, 3.63) is 82.9 Å². The summed E-state index contributed by atoms with van der Waals surface area (Å²) in [4.78, 5) is 31.8. The Balaban J connectivity index is 1.62. The lowest BCUT2D eigenvalue weighted by Crippen LogP contribution is -2.39. The highest BCUT2D eigenvalue weighted by Gasteiger charge is 2.27. The fraction of sp³-hybridized carbons (Fsp3) is 0.160. The first kappa shape index (κ1) is 22.4. The highest BCUT2D eigenvalue weighted by Crippen LogP contribution is 2.31. The maximum Gasteiger partial charge on any atom is 0.249 e. The summed E-state index contributed by atoms with van der Waals surface area (Å²) in [7, 11) is 3.06. The minimum Gasteiger partial charge on any atom is -0.493 e. The Labute approximate surface area is 196 Å². The van der Waals surface area contributed by atoms with Gasteiger partial charge in [0.25, 0.3) is 0 Å². The fourth-order valence-corrected chi connectivity index (χ4v) is 3.83. The van der Waals surface area contributed by atoms with Gasteiger partial charge in [-0.15, -0.1) is 0 Å². The van der Waals surface area contributed by atoms with E-state index in [0.717, 1.165) is 5.56 Å². The van der Waals surface area contributed by atoms with Crippen molar-refractivity contribution in [1.29, 1.82) is 0 Å². The number of methoxy groups -OCH3 is 2. The summed E-state index contributed by atoms with van der Waals surface area (Å²) in [6, 6.07) is 19.8. The molecule has 0 fully saturated rings. The van der Waals surface area contributed by atoms with Gasteiger partial charge in [-0.1, -0.05) is 41.9 Å². The third-order valence-corrected chi connectivity index (χ3v) is 5.43. The number of benzene rings is 3. The lowest BCUT2D eigenvalue weighted by molar-refractivity contribution is -0.120. The second kappa shape index (κ2) is 9.75. The van der Waals surface area contributed by atoms with E-state index >= 15 is 0 Å². The van der Waals surface area contributed by atoms with Gasteiger partial charge in [-0.05, 0) is 30.3 Å². The molecule has 33 heavy (non-hydrogen) atoms. The van der Waals surface area contributed by atoms with Crippen LogP contribution in [0.4, 0.5) is 11.4 Å². The number of hydrogen-bond donors (Lipinski definition) is 1. The predicted octanol–water partition coefficient (Wildman–Crippen LogP) is 4.18. The first-order valence-corrected chi connectivity index (χ1v) is 10.6. The highest BCUT2D eigenvalue weighted by molar-refractivity contribution is 6.32. The zero-order chi connectivity index (χ0) is 23.4. The van der Waals surface area contributed by atoms with E-state index in [-0.39, 0.29) is 24.9 Å². The van der Waals surface area contributed by atoms with E-state index in [0.29, 0.717) is 39.2 Å². The Morgan fingerprint density at radius 1 is 1.03 bits per heavy atom. The number of carbonyl (C=O) groups is 2. The van der Waals surface area contributed by atoms with E-state index < -0.39 is 0 Å². The number of carbonyl (C=O) groups excluding carboxylic acids is 2. The van der Waals surface area contributed by atoms with Crippen LogP contribution in [0, 0.1) is 0 Å². The predicted molar refractivity (Wildman–Crippen MR) is 129 cm³/mol. The van der Waals surface area contributed by atoms with Gasteiger partial charge in [-0.2, -0.15) is 0 Å². The number of nitrogens with one attached hydrogen (secondary N) is 1. The summed E-state index contributed by atoms with van der Waals surface area (Å²) >= 11 is 6.27. The Kier molecular flexibility index (Phi) is 6.60. The Bertz CT molecular complexity index is 1230. The second-order valence-electron chi connectivity index (χ2n) is 7.29. The molecule has 1 aliphatic heterocycles. The number of halogens is 1. The first-order valence-electron chi connectivity index (χ1n) is 10.2. The second-order valence-corrected chi connectivity index (χ2v) is 7.73. The van der Waals surface area contributed by atoms with Gasteiger partial charge in [0.05, 0.1) is 25.6 Å². The van der Waals surface area contributed by atoms with Crippen LogP contribution in [0.2, 0.25) is 5.02 Å². The van der Waals surface area contributed by atoms with Gasteiger partial charge >= 0.3 is 0 Å². The summed E-state index contributed by atoms with van der Waals surface area (Å²) in [5, 5.41) is 3.32. The number of ether oxygens (including phenoxy) is 2. The molecule has 168 valence electrons. The van der Waals surface area contributed by atoms with Crippen LogP contribution in [0.25, 0.3) is 0 Å². The summed E-state index contributed by atoms with van der Waals surface area (Å²) in [5.41, 5.74) is 3.32. The molecule has 0 saturated heterocycles. The van der Waals surface area contributed by atoms with Gasteiger partial charge in [0, 0.05) is 27.9 Å². The minimum absolute atomic E-state index is 0.0832. The molecule has 1 N–H and O–H groups in total. The number of anilines is 2. The van der Waals surface area contributed by atoms with Crippen LogP contribution in [-0.2, 0) is 9.59 Å². The third-order valence-electron chi connectivity index (χ3n) is 5.19. The number of benzodiazepines with no additional fused rings is 1. The van der Waals surface area contributed by atoms with E-state index in [1.54, 1.807) is 36.4 Å².